The SMILES string of the molecule is OC1(c2cc(Br)cc3c2OCO3)CC1. The first-order chi connectivity index (χ1) is 6.69. The Balaban J connectivity index is 2.19. The van der Waals surface area contributed by atoms with Gasteiger partial charge in [0, 0.05) is 10.0 Å². The Morgan fingerprint density at radius 3 is 2.79 bits per heavy atom. The van der Waals surface area contributed by atoms with Crippen molar-refractivity contribution in [3.63, 3.8) is 0 Å². The quantitative estimate of drug-likeness (QED) is 0.837. The Hall–Kier alpha value is -0.740. The van der Waals surface area contributed by atoms with Gasteiger partial charge in [-0.25, -0.2) is 0 Å². The Kier molecular flexibility index (Phi) is 1.61. The van der Waals surface area contributed by atoms with Gasteiger partial charge in [0.15, 0.2) is 11.5 Å². The third-order valence-corrected chi connectivity index (χ3v) is 3.12. The van der Waals surface area contributed by atoms with Crippen LogP contribution in [0.5, 0.6) is 11.5 Å². The molecule has 0 unspecified atom stereocenters. The van der Waals surface area contributed by atoms with Crippen LogP contribution in [0.4, 0.5) is 0 Å². The molecule has 4 heteroatoms. The van der Waals surface area contributed by atoms with E-state index in [1.807, 2.05) is 12.1 Å². The highest BCUT2D eigenvalue weighted by atomic mass is 79.9. The van der Waals surface area contributed by atoms with E-state index in [-0.39, 0.29) is 6.79 Å². The maximum absolute atomic E-state index is 10.0. The van der Waals surface area contributed by atoms with Crippen LogP contribution in [0.25, 0.3) is 0 Å². The number of ether oxygens (including phenoxy) is 2. The number of benzene rings is 1. The van der Waals surface area contributed by atoms with Crippen LogP contribution in [0.3, 0.4) is 0 Å². The molecule has 0 bridgehead atoms. The second-order valence-corrected chi connectivity index (χ2v) is 4.63. The van der Waals surface area contributed by atoms with Crippen molar-refractivity contribution in [1.82, 2.24) is 0 Å². The highest BCUT2D eigenvalue weighted by molar-refractivity contribution is 9.10. The number of hydrogen-bond acceptors (Lipinski definition) is 3. The summed E-state index contributed by atoms with van der Waals surface area (Å²) in [6.45, 7) is 0.245. The Bertz CT molecular complexity index is 399. The van der Waals surface area contributed by atoms with Gasteiger partial charge in [-0.2, -0.15) is 0 Å². The minimum Gasteiger partial charge on any atom is -0.454 e. The molecule has 0 aromatic heterocycles. The summed E-state index contributed by atoms with van der Waals surface area (Å²) in [5.41, 5.74) is 0.168. The van der Waals surface area contributed by atoms with Crippen molar-refractivity contribution in [3.8, 4) is 11.5 Å². The summed E-state index contributed by atoms with van der Waals surface area (Å²) in [4.78, 5) is 0. The number of aliphatic hydroxyl groups is 1. The summed E-state index contributed by atoms with van der Waals surface area (Å²) in [6.07, 6.45) is 1.61. The van der Waals surface area contributed by atoms with Gasteiger partial charge in [0.1, 0.15) is 0 Å². The van der Waals surface area contributed by atoms with Gasteiger partial charge >= 0.3 is 0 Å². The summed E-state index contributed by atoms with van der Waals surface area (Å²) < 4.78 is 11.5. The molecule has 1 heterocycles. The van der Waals surface area contributed by atoms with Gasteiger partial charge in [0.05, 0.1) is 5.60 Å². The molecule has 0 spiro atoms. The van der Waals surface area contributed by atoms with Gasteiger partial charge < -0.3 is 14.6 Å². The van der Waals surface area contributed by atoms with E-state index in [2.05, 4.69) is 15.9 Å². The van der Waals surface area contributed by atoms with E-state index < -0.39 is 5.60 Å². The van der Waals surface area contributed by atoms with Crippen LogP contribution in [0, 0.1) is 0 Å². The molecule has 1 aliphatic heterocycles. The summed E-state index contributed by atoms with van der Waals surface area (Å²) in [6, 6.07) is 3.76. The van der Waals surface area contributed by atoms with Crippen LogP contribution in [0.1, 0.15) is 18.4 Å². The van der Waals surface area contributed by atoms with Crippen LogP contribution in [0.15, 0.2) is 16.6 Å². The lowest BCUT2D eigenvalue weighted by molar-refractivity contribution is 0.140. The second-order valence-electron chi connectivity index (χ2n) is 3.72. The van der Waals surface area contributed by atoms with Crippen molar-refractivity contribution in [2.24, 2.45) is 0 Å². The molecule has 14 heavy (non-hydrogen) atoms. The van der Waals surface area contributed by atoms with E-state index in [4.69, 9.17) is 9.47 Å². The lowest BCUT2D eigenvalue weighted by atomic mass is 10.1. The van der Waals surface area contributed by atoms with Crippen molar-refractivity contribution in [2.45, 2.75) is 18.4 Å². The third-order valence-electron chi connectivity index (χ3n) is 2.66. The van der Waals surface area contributed by atoms with Gasteiger partial charge in [-0.15, -0.1) is 0 Å². The molecule has 1 aliphatic carbocycles. The van der Waals surface area contributed by atoms with Crippen LogP contribution in [0.2, 0.25) is 0 Å². The van der Waals surface area contributed by atoms with Gasteiger partial charge in [-0.05, 0) is 25.0 Å². The number of hydrogen-bond donors (Lipinski definition) is 1. The van der Waals surface area contributed by atoms with E-state index in [0.717, 1.165) is 28.6 Å². The first-order valence-corrected chi connectivity index (χ1v) is 5.30. The van der Waals surface area contributed by atoms with E-state index in [1.54, 1.807) is 0 Å². The van der Waals surface area contributed by atoms with Gasteiger partial charge in [0.25, 0.3) is 0 Å². The molecule has 74 valence electrons. The zero-order valence-electron chi connectivity index (χ0n) is 7.42. The summed E-state index contributed by atoms with van der Waals surface area (Å²) in [7, 11) is 0. The largest absolute Gasteiger partial charge is 0.454 e. The smallest absolute Gasteiger partial charge is 0.231 e. The van der Waals surface area contributed by atoms with E-state index in [1.165, 1.54) is 0 Å². The van der Waals surface area contributed by atoms with Crippen molar-refractivity contribution >= 4 is 15.9 Å². The summed E-state index contributed by atoms with van der Waals surface area (Å²) in [5.74, 6) is 1.42. The van der Waals surface area contributed by atoms with Gasteiger partial charge in [-0.3, -0.25) is 0 Å². The van der Waals surface area contributed by atoms with Crippen molar-refractivity contribution < 1.29 is 14.6 Å². The molecule has 0 radical (unpaired) electrons. The lowest BCUT2D eigenvalue weighted by Crippen LogP contribution is -2.05. The standard InChI is InChI=1S/C10H9BrO3/c11-6-3-7(10(12)1-2-10)9-8(4-6)13-5-14-9/h3-4,12H,1-2,5H2. The van der Waals surface area contributed by atoms with Crippen LogP contribution in [-0.2, 0) is 5.60 Å². The first-order valence-electron chi connectivity index (χ1n) is 4.51. The summed E-state index contributed by atoms with van der Waals surface area (Å²) >= 11 is 3.39. The van der Waals surface area contributed by atoms with E-state index in [0.29, 0.717) is 5.75 Å². The lowest BCUT2D eigenvalue weighted by Gasteiger charge is -2.11. The molecule has 0 saturated heterocycles. The topological polar surface area (TPSA) is 38.7 Å². The fourth-order valence-corrected chi connectivity index (χ4v) is 2.15. The highest BCUT2D eigenvalue weighted by Gasteiger charge is 2.45. The van der Waals surface area contributed by atoms with Crippen molar-refractivity contribution in [3.05, 3.63) is 22.2 Å². The minimum atomic E-state index is -0.679. The average Bonchev–Trinajstić information content (AvgIpc) is 2.74. The van der Waals surface area contributed by atoms with Crippen molar-refractivity contribution in [2.75, 3.05) is 6.79 Å². The molecular formula is C10H9BrO3. The fourth-order valence-electron chi connectivity index (χ4n) is 1.71. The molecule has 3 rings (SSSR count). The molecule has 1 saturated carbocycles. The third kappa shape index (κ3) is 1.14. The normalized spacial score (nSPS) is 21.0. The van der Waals surface area contributed by atoms with Crippen LogP contribution < -0.4 is 9.47 Å². The number of halogens is 1. The molecular weight excluding hydrogens is 248 g/mol. The number of rotatable bonds is 1. The van der Waals surface area contributed by atoms with Crippen molar-refractivity contribution in [1.29, 1.82) is 0 Å². The predicted molar refractivity (Wildman–Crippen MR) is 53.4 cm³/mol. The highest BCUT2D eigenvalue weighted by Crippen LogP contribution is 2.53. The van der Waals surface area contributed by atoms with Gasteiger partial charge in [0.2, 0.25) is 6.79 Å². The Morgan fingerprint density at radius 2 is 2.07 bits per heavy atom. The maximum atomic E-state index is 10.0. The monoisotopic (exact) mass is 256 g/mol. The molecule has 2 aliphatic rings. The fraction of sp³-hybridized carbons (Fsp3) is 0.400. The molecule has 3 nitrogen and oxygen atoms in total. The molecule has 1 aromatic carbocycles. The molecule has 1 N–H and O–H groups in total. The Morgan fingerprint density at radius 1 is 1.29 bits per heavy atom. The maximum Gasteiger partial charge on any atom is 0.231 e. The average molecular weight is 257 g/mol. The zero-order valence-corrected chi connectivity index (χ0v) is 9.00. The second kappa shape index (κ2) is 2.64. The molecule has 0 amide bonds. The molecule has 1 fully saturated rings. The minimum absolute atomic E-state index is 0.245. The van der Waals surface area contributed by atoms with Crippen LogP contribution >= 0.6 is 15.9 Å². The first kappa shape index (κ1) is 8.56. The summed E-state index contributed by atoms with van der Waals surface area (Å²) in [5, 5.41) is 10.0. The Labute approximate surface area is 89.8 Å². The van der Waals surface area contributed by atoms with Crippen LogP contribution in [-0.4, -0.2) is 11.9 Å². The van der Waals surface area contributed by atoms with Gasteiger partial charge in [-0.1, -0.05) is 15.9 Å². The zero-order chi connectivity index (χ0) is 9.76. The molecule has 0 atom stereocenters. The number of fused-ring (bicyclic) bond motifs is 1. The van der Waals surface area contributed by atoms with E-state index in [9.17, 15) is 5.11 Å². The predicted octanol–water partition coefficient (Wildman–Crippen LogP) is 2.16. The van der Waals surface area contributed by atoms with E-state index >= 15 is 0 Å². The molecule has 1 aromatic rings.